The van der Waals surface area contributed by atoms with Gasteiger partial charge in [0, 0.05) is 17.8 Å². The zero-order chi connectivity index (χ0) is 9.14. The van der Waals surface area contributed by atoms with E-state index in [9.17, 15) is 4.79 Å². The van der Waals surface area contributed by atoms with Crippen molar-refractivity contribution >= 4 is 5.78 Å². The highest BCUT2D eigenvalue weighted by Crippen LogP contribution is 2.13. The summed E-state index contributed by atoms with van der Waals surface area (Å²) < 4.78 is 0. The molecule has 12 heavy (non-hydrogen) atoms. The molecule has 1 N–H and O–H groups in total. The average Bonchev–Trinajstić information content (AvgIpc) is 2.28. The van der Waals surface area contributed by atoms with Gasteiger partial charge in [-0.15, -0.1) is 0 Å². The van der Waals surface area contributed by atoms with Crippen LogP contribution in [0.3, 0.4) is 0 Å². The fourth-order valence-corrected chi connectivity index (χ4v) is 1.30. The molecule has 0 radical (unpaired) electrons. The van der Waals surface area contributed by atoms with Crippen molar-refractivity contribution in [3.63, 3.8) is 0 Å². The van der Waals surface area contributed by atoms with Crippen LogP contribution in [-0.4, -0.2) is 37.9 Å². The van der Waals surface area contributed by atoms with Gasteiger partial charge in [0.25, 0.3) is 0 Å². The van der Waals surface area contributed by atoms with Gasteiger partial charge >= 0.3 is 0 Å². The van der Waals surface area contributed by atoms with Crippen molar-refractivity contribution in [1.82, 2.24) is 10.2 Å². The molecule has 0 fully saturated rings. The number of carbonyl (C=O) groups is 1. The maximum Gasteiger partial charge on any atom is 0.179 e. The van der Waals surface area contributed by atoms with Gasteiger partial charge in [0.05, 0.1) is 6.54 Å². The van der Waals surface area contributed by atoms with Crippen LogP contribution in [0.25, 0.3) is 0 Å². The first-order chi connectivity index (χ1) is 5.61. The van der Waals surface area contributed by atoms with Crippen LogP contribution in [0.5, 0.6) is 0 Å². The summed E-state index contributed by atoms with van der Waals surface area (Å²) in [5.74, 6) is 0.259. The van der Waals surface area contributed by atoms with E-state index in [1.165, 1.54) is 0 Å². The molecule has 0 saturated heterocycles. The summed E-state index contributed by atoms with van der Waals surface area (Å²) in [7, 11) is 4.03. The number of rotatable bonds is 3. The molecule has 0 aromatic carbocycles. The molecule has 1 rings (SSSR count). The van der Waals surface area contributed by atoms with E-state index in [4.69, 9.17) is 0 Å². The van der Waals surface area contributed by atoms with Gasteiger partial charge in [0.1, 0.15) is 0 Å². The number of nitrogens with one attached hydrogen (secondary N) is 1. The van der Waals surface area contributed by atoms with Crippen LogP contribution in [0.4, 0.5) is 0 Å². The van der Waals surface area contributed by atoms with Crippen LogP contribution in [0, 0.1) is 0 Å². The molecular weight excluding hydrogens is 152 g/mol. The van der Waals surface area contributed by atoms with E-state index < -0.39 is 0 Å². The number of allylic oxidation sites excluding steroid dienone is 1. The second-order valence-electron chi connectivity index (χ2n) is 3.43. The van der Waals surface area contributed by atoms with Crippen molar-refractivity contribution in [2.24, 2.45) is 0 Å². The fraction of sp³-hybridized carbons (Fsp3) is 0.667. The van der Waals surface area contributed by atoms with Crippen molar-refractivity contribution in [1.29, 1.82) is 0 Å². The summed E-state index contributed by atoms with van der Waals surface area (Å²) in [5, 5.41) is 3.05. The van der Waals surface area contributed by atoms with Crippen LogP contribution in [0.1, 0.15) is 13.3 Å². The van der Waals surface area contributed by atoms with Crippen molar-refractivity contribution in [3.8, 4) is 0 Å². The van der Waals surface area contributed by atoms with Gasteiger partial charge in [0.15, 0.2) is 5.78 Å². The molecular formula is C9H16N2O. The Labute approximate surface area is 73.4 Å². The smallest absolute Gasteiger partial charge is 0.179 e. The third-order valence-electron chi connectivity index (χ3n) is 2.11. The van der Waals surface area contributed by atoms with Crippen LogP contribution in [0.15, 0.2) is 11.3 Å². The highest BCUT2D eigenvalue weighted by Gasteiger charge is 2.18. The molecule has 0 unspecified atom stereocenters. The van der Waals surface area contributed by atoms with E-state index in [0.29, 0.717) is 6.54 Å². The summed E-state index contributed by atoms with van der Waals surface area (Å²) in [4.78, 5) is 13.3. The normalized spacial score (nSPS) is 17.5. The Hall–Kier alpha value is -0.830. The Balaban J connectivity index is 2.50. The Kier molecular flexibility index (Phi) is 2.87. The first kappa shape index (κ1) is 9.26. The summed E-state index contributed by atoms with van der Waals surface area (Å²) in [6.07, 6.45) is 0.866. The quantitative estimate of drug-likeness (QED) is 0.661. The first-order valence-corrected chi connectivity index (χ1v) is 4.23. The molecule has 0 aromatic rings. The summed E-state index contributed by atoms with van der Waals surface area (Å²) >= 11 is 0. The molecule has 0 aromatic heterocycles. The SMILES string of the molecule is CC1=C(CCN(C)C)C(=O)CN1. The topological polar surface area (TPSA) is 32.3 Å². The van der Waals surface area contributed by atoms with Gasteiger partial charge in [-0.05, 0) is 27.4 Å². The molecule has 3 nitrogen and oxygen atoms in total. The summed E-state index contributed by atoms with van der Waals surface area (Å²) in [6, 6.07) is 0. The Morgan fingerprint density at radius 3 is 2.58 bits per heavy atom. The lowest BCUT2D eigenvalue weighted by Gasteiger charge is -2.09. The molecule has 1 aliphatic rings. The van der Waals surface area contributed by atoms with Crippen LogP contribution in [0.2, 0.25) is 0 Å². The molecule has 1 heterocycles. The van der Waals surface area contributed by atoms with Crippen LogP contribution in [-0.2, 0) is 4.79 Å². The molecule has 68 valence electrons. The molecule has 0 aliphatic carbocycles. The van der Waals surface area contributed by atoms with Gasteiger partial charge < -0.3 is 10.2 Å². The minimum Gasteiger partial charge on any atom is -0.381 e. The zero-order valence-electron chi connectivity index (χ0n) is 7.98. The lowest BCUT2D eigenvalue weighted by Crippen LogP contribution is -2.15. The van der Waals surface area contributed by atoms with E-state index in [1.54, 1.807) is 0 Å². The maximum absolute atomic E-state index is 11.3. The van der Waals surface area contributed by atoms with Gasteiger partial charge in [-0.1, -0.05) is 0 Å². The number of hydrogen-bond acceptors (Lipinski definition) is 3. The van der Waals surface area contributed by atoms with Crippen molar-refractivity contribution in [2.75, 3.05) is 27.2 Å². The number of Topliss-reactive ketones (excluding diaryl/α,β-unsaturated/α-hetero) is 1. The largest absolute Gasteiger partial charge is 0.381 e. The predicted molar refractivity (Wildman–Crippen MR) is 48.9 cm³/mol. The van der Waals surface area contributed by atoms with Gasteiger partial charge in [0.2, 0.25) is 0 Å². The fourth-order valence-electron chi connectivity index (χ4n) is 1.30. The van der Waals surface area contributed by atoms with Gasteiger partial charge in [-0.2, -0.15) is 0 Å². The average molecular weight is 168 g/mol. The van der Waals surface area contributed by atoms with Crippen LogP contribution >= 0.6 is 0 Å². The predicted octanol–water partition coefficient (Wildman–Crippen LogP) is 0.384. The van der Waals surface area contributed by atoms with Gasteiger partial charge in [-0.25, -0.2) is 0 Å². The van der Waals surface area contributed by atoms with Crippen molar-refractivity contribution in [3.05, 3.63) is 11.3 Å². The molecule has 0 atom stereocenters. The number of hydrogen-bond donors (Lipinski definition) is 1. The third-order valence-corrected chi connectivity index (χ3v) is 2.11. The third kappa shape index (κ3) is 2.08. The standard InChI is InChI=1S/C9H16N2O/c1-7-8(4-5-11(2)3)9(12)6-10-7/h10H,4-6H2,1-3H3. The first-order valence-electron chi connectivity index (χ1n) is 4.23. The van der Waals surface area contributed by atoms with E-state index in [2.05, 4.69) is 10.2 Å². The monoisotopic (exact) mass is 168 g/mol. The molecule has 0 spiro atoms. The lowest BCUT2D eigenvalue weighted by molar-refractivity contribution is -0.114. The summed E-state index contributed by atoms with van der Waals surface area (Å²) in [6.45, 7) is 3.41. The number of nitrogens with zero attached hydrogens (tertiary/aromatic N) is 1. The van der Waals surface area contributed by atoms with Crippen molar-refractivity contribution < 1.29 is 4.79 Å². The molecule has 0 bridgehead atoms. The molecule has 0 saturated carbocycles. The van der Waals surface area contributed by atoms with Gasteiger partial charge in [-0.3, -0.25) is 4.79 Å². The van der Waals surface area contributed by atoms with Crippen LogP contribution < -0.4 is 5.32 Å². The minimum absolute atomic E-state index is 0.259. The Morgan fingerprint density at radius 1 is 1.50 bits per heavy atom. The highest BCUT2D eigenvalue weighted by atomic mass is 16.1. The van der Waals surface area contributed by atoms with E-state index in [0.717, 1.165) is 24.2 Å². The second-order valence-corrected chi connectivity index (χ2v) is 3.43. The van der Waals surface area contributed by atoms with E-state index in [1.807, 2.05) is 21.0 Å². The van der Waals surface area contributed by atoms with Crippen molar-refractivity contribution in [2.45, 2.75) is 13.3 Å². The minimum atomic E-state index is 0.259. The lowest BCUT2D eigenvalue weighted by atomic mass is 10.1. The Morgan fingerprint density at radius 2 is 2.17 bits per heavy atom. The number of ketones is 1. The maximum atomic E-state index is 11.3. The molecule has 1 aliphatic heterocycles. The molecule has 3 heteroatoms. The molecule has 0 amide bonds. The summed E-state index contributed by atoms with van der Waals surface area (Å²) in [5.41, 5.74) is 2.03. The second kappa shape index (κ2) is 3.72. The van der Waals surface area contributed by atoms with E-state index >= 15 is 0 Å². The van der Waals surface area contributed by atoms with E-state index in [-0.39, 0.29) is 5.78 Å². The highest BCUT2D eigenvalue weighted by molar-refractivity contribution is 5.99. The Bertz CT molecular complexity index is 219. The number of carbonyl (C=O) groups excluding carboxylic acids is 1. The zero-order valence-corrected chi connectivity index (χ0v) is 7.98.